The number of nitrogens with zero attached hydrogens (tertiary/aromatic N) is 3. The first-order valence-corrected chi connectivity index (χ1v) is 11.1. The first-order chi connectivity index (χ1) is 16.2. The topological polar surface area (TPSA) is 76.0 Å². The van der Waals surface area contributed by atoms with Gasteiger partial charge in [-0.05, 0) is 31.1 Å². The number of oxime groups is 1. The van der Waals surface area contributed by atoms with Crippen LogP contribution in [0.4, 0.5) is 22.0 Å². The Kier molecular flexibility index (Phi) is 7.12. The summed E-state index contributed by atoms with van der Waals surface area (Å²) in [5.74, 6) is -1.76. The molecule has 1 amide bonds. The molecule has 7 nitrogen and oxygen atoms in total. The molecular weight excluding hydrogens is 483 g/mol. The lowest BCUT2D eigenvalue weighted by Gasteiger charge is -2.30. The Morgan fingerprint density at radius 1 is 1.29 bits per heavy atom. The fraction of sp³-hybridized carbons (Fsp3) is 0.381. The molecule has 1 aromatic carbocycles. The summed E-state index contributed by atoms with van der Waals surface area (Å²) in [4.78, 5) is 28.0. The molecule has 1 N–H and O–H groups in total. The van der Waals surface area contributed by atoms with Crippen LogP contribution in [0.3, 0.4) is 0 Å². The summed E-state index contributed by atoms with van der Waals surface area (Å²) in [5.41, 5.74) is 3.56. The summed E-state index contributed by atoms with van der Waals surface area (Å²) in [5, 5.41) is 5.40. The van der Waals surface area contributed by atoms with Crippen LogP contribution in [0.15, 0.2) is 34.8 Å². The lowest BCUT2D eigenvalue weighted by Crippen LogP contribution is -2.39. The van der Waals surface area contributed by atoms with E-state index in [1.54, 1.807) is 6.08 Å². The Labute approximate surface area is 194 Å². The number of rotatable bonds is 6. The Morgan fingerprint density at radius 3 is 2.68 bits per heavy atom. The van der Waals surface area contributed by atoms with Gasteiger partial charge in [0.05, 0.1) is 22.0 Å². The van der Waals surface area contributed by atoms with Crippen LogP contribution in [0.25, 0.3) is 5.70 Å². The Hall–Kier alpha value is -3.06. The molecule has 3 heterocycles. The molecule has 4 rings (SSSR count). The van der Waals surface area contributed by atoms with Crippen molar-refractivity contribution in [3.05, 3.63) is 57.6 Å². The summed E-state index contributed by atoms with van der Waals surface area (Å²) in [6.07, 6.45) is -3.05. The third-order valence-corrected chi connectivity index (χ3v) is 6.36. The van der Waals surface area contributed by atoms with Crippen LogP contribution in [0.1, 0.15) is 41.1 Å². The number of likely N-dealkylation sites (tertiary alicyclic amines) is 1. The maximum atomic E-state index is 14.0. The summed E-state index contributed by atoms with van der Waals surface area (Å²) in [7, 11) is 0. The monoisotopic (exact) mass is 502 g/mol. The normalized spacial score (nSPS) is 19.4. The maximum Gasteiger partial charge on any atom is 0.429 e. The van der Waals surface area contributed by atoms with Crippen molar-refractivity contribution in [3.63, 3.8) is 0 Å². The molecule has 13 heteroatoms. The molecule has 2 aliphatic rings. The molecule has 0 bridgehead atoms. The second-order valence-corrected chi connectivity index (χ2v) is 8.52. The van der Waals surface area contributed by atoms with E-state index < -0.39 is 36.4 Å². The van der Waals surface area contributed by atoms with Gasteiger partial charge >= 0.3 is 6.18 Å². The molecule has 0 aliphatic carbocycles. The zero-order chi connectivity index (χ0) is 24.3. The summed E-state index contributed by atoms with van der Waals surface area (Å²) >= 11 is 1.43. The molecule has 1 fully saturated rings. The van der Waals surface area contributed by atoms with Gasteiger partial charge in [0.15, 0.2) is 6.61 Å². The van der Waals surface area contributed by atoms with E-state index >= 15 is 0 Å². The van der Waals surface area contributed by atoms with Crippen molar-refractivity contribution in [2.45, 2.75) is 31.0 Å². The van der Waals surface area contributed by atoms with Crippen molar-refractivity contribution in [3.8, 4) is 0 Å². The number of nitrogens with one attached hydrogen (secondary N) is 1. The maximum absolute atomic E-state index is 14.0. The number of halogens is 5. The van der Waals surface area contributed by atoms with Crippen LogP contribution in [0, 0.1) is 11.6 Å². The molecule has 0 spiro atoms. The minimum absolute atomic E-state index is 0.0923. The second-order valence-electron chi connectivity index (χ2n) is 7.63. The predicted molar refractivity (Wildman–Crippen MR) is 112 cm³/mol. The number of alkyl halides is 3. The van der Waals surface area contributed by atoms with E-state index in [4.69, 9.17) is 4.84 Å². The minimum atomic E-state index is -4.60. The highest BCUT2D eigenvalue weighted by molar-refractivity contribution is 7.09. The third kappa shape index (κ3) is 5.70. The molecule has 1 atom stereocenters. The van der Waals surface area contributed by atoms with Crippen LogP contribution in [0.5, 0.6) is 0 Å². The van der Waals surface area contributed by atoms with Gasteiger partial charge in [0, 0.05) is 24.4 Å². The van der Waals surface area contributed by atoms with Gasteiger partial charge in [-0.25, -0.2) is 13.8 Å². The zero-order valence-corrected chi connectivity index (χ0v) is 18.3. The van der Waals surface area contributed by atoms with Crippen molar-refractivity contribution >= 4 is 29.2 Å². The zero-order valence-electron chi connectivity index (χ0n) is 17.5. The average molecular weight is 502 g/mol. The largest absolute Gasteiger partial charge is 0.429 e. The molecule has 34 heavy (non-hydrogen) atoms. The van der Waals surface area contributed by atoms with Crippen LogP contribution < -0.4 is 5.48 Å². The number of piperidine rings is 1. The van der Waals surface area contributed by atoms with Crippen molar-refractivity contribution in [1.82, 2.24) is 15.4 Å². The second kappa shape index (κ2) is 10.1. The number of hydrogen-bond donors (Lipinski definition) is 1. The quantitative estimate of drug-likeness (QED) is 0.362. The summed E-state index contributed by atoms with van der Waals surface area (Å²) in [6, 6.07) is 3.60. The number of carbonyl (C=O) groups excluding carboxylic acids is 1. The first kappa shape index (κ1) is 24.1. The van der Waals surface area contributed by atoms with Crippen LogP contribution in [0.2, 0.25) is 0 Å². The number of hydroxylamine groups is 1. The van der Waals surface area contributed by atoms with Crippen LogP contribution >= 0.6 is 11.3 Å². The van der Waals surface area contributed by atoms with Crippen LogP contribution in [-0.4, -0.2) is 47.9 Å². The van der Waals surface area contributed by atoms with Gasteiger partial charge in [-0.15, -0.1) is 11.3 Å². The van der Waals surface area contributed by atoms with Crippen molar-refractivity contribution in [1.29, 1.82) is 0 Å². The number of benzene rings is 1. The Balaban J connectivity index is 1.32. The molecule has 2 aromatic rings. The van der Waals surface area contributed by atoms with Crippen molar-refractivity contribution < 1.29 is 36.4 Å². The molecular formula is C21H19F5N4O3S. The Morgan fingerprint density at radius 2 is 2.00 bits per heavy atom. The number of aromatic nitrogens is 1. The molecule has 182 valence electrons. The van der Waals surface area contributed by atoms with Crippen molar-refractivity contribution in [2.75, 3.05) is 19.7 Å². The van der Waals surface area contributed by atoms with Crippen LogP contribution in [-0.2, 0) is 14.5 Å². The number of amides is 1. The van der Waals surface area contributed by atoms with Gasteiger partial charge in [0.1, 0.15) is 24.0 Å². The van der Waals surface area contributed by atoms with Gasteiger partial charge in [0.25, 0.3) is 5.91 Å². The molecule has 1 saturated heterocycles. The Bertz CT molecular complexity index is 1080. The number of carbonyl (C=O) groups is 1. The smallest absolute Gasteiger partial charge is 0.386 e. The van der Waals surface area contributed by atoms with Crippen molar-refractivity contribution in [2.24, 2.45) is 5.16 Å². The molecule has 2 aliphatic heterocycles. The minimum Gasteiger partial charge on any atom is -0.386 e. The van der Waals surface area contributed by atoms with Gasteiger partial charge in [-0.1, -0.05) is 11.2 Å². The molecule has 1 unspecified atom stereocenters. The van der Waals surface area contributed by atoms with E-state index in [0.717, 1.165) is 17.1 Å². The number of hydrogen-bond acceptors (Lipinski definition) is 7. The van der Waals surface area contributed by atoms with Gasteiger partial charge in [0.2, 0.25) is 0 Å². The highest BCUT2D eigenvalue weighted by atomic mass is 32.1. The summed E-state index contributed by atoms with van der Waals surface area (Å²) < 4.78 is 64.0. The lowest BCUT2D eigenvalue weighted by molar-refractivity contribution is -0.137. The highest BCUT2D eigenvalue weighted by Gasteiger charge is 2.29. The molecule has 0 saturated carbocycles. The van der Waals surface area contributed by atoms with Gasteiger partial charge < -0.3 is 9.74 Å². The lowest BCUT2D eigenvalue weighted by atomic mass is 9.97. The van der Waals surface area contributed by atoms with E-state index in [9.17, 15) is 26.7 Å². The molecule has 1 aromatic heterocycles. The third-order valence-electron chi connectivity index (χ3n) is 5.35. The predicted octanol–water partition coefficient (Wildman–Crippen LogP) is 4.31. The van der Waals surface area contributed by atoms with E-state index in [2.05, 4.69) is 20.5 Å². The number of thiazole rings is 1. The van der Waals surface area contributed by atoms with E-state index in [1.165, 1.54) is 22.3 Å². The molecule has 0 radical (unpaired) electrons. The fourth-order valence-corrected chi connectivity index (χ4v) is 4.66. The first-order valence-electron chi connectivity index (χ1n) is 10.3. The van der Waals surface area contributed by atoms with Gasteiger partial charge in [-0.3, -0.25) is 15.1 Å². The average Bonchev–Trinajstić information content (AvgIpc) is 3.46. The summed E-state index contributed by atoms with van der Waals surface area (Å²) in [6.45, 7) is 0.245. The highest BCUT2D eigenvalue weighted by Crippen LogP contribution is 2.35. The SMILES string of the molecule is O=C(CON=CC(F)(F)F)N1CCC(c2nc(C3=CC(c4c(F)cccc4F)ON3)cs2)CC1. The van der Waals surface area contributed by atoms with E-state index in [0.29, 0.717) is 37.3 Å². The fourth-order valence-electron chi connectivity index (χ4n) is 3.66. The van der Waals surface area contributed by atoms with Gasteiger partial charge in [-0.2, -0.15) is 13.2 Å². The van der Waals surface area contributed by atoms with E-state index in [-0.39, 0.29) is 17.7 Å². The van der Waals surface area contributed by atoms with E-state index in [1.807, 2.05) is 5.38 Å². The standard InChI is InChI=1S/C21H19F5N4O3S/c22-13-2-1-3-14(23)19(13)17-8-15(29-33-17)16-10-34-20(28-16)12-4-6-30(7-5-12)18(31)9-32-27-11-21(24,25)26/h1-3,8,10-12,17,29H,4-7,9H2.